The van der Waals surface area contributed by atoms with Crippen molar-refractivity contribution >= 4 is 5.97 Å². The van der Waals surface area contributed by atoms with E-state index in [0.29, 0.717) is 6.61 Å². The number of carboxylic acids is 1. The van der Waals surface area contributed by atoms with E-state index < -0.39 is 5.97 Å². The van der Waals surface area contributed by atoms with Gasteiger partial charge in [0.1, 0.15) is 17.1 Å². The van der Waals surface area contributed by atoms with Gasteiger partial charge in [0.25, 0.3) is 0 Å². The maximum Gasteiger partial charge on any atom is 0.343 e. The molecule has 0 aliphatic rings. The lowest BCUT2D eigenvalue weighted by molar-refractivity contribution is 0.0689. The molecule has 0 unspecified atom stereocenters. The molecule has 2 N–H and O–H groups in total. The molecule has 1 aromatic carbocycles. The van der Waals surface area contributed by atoms with Crippen LogP contribution in [0.15, 0.2) is 18.2 Å². The van der Waals surface area contributed by atoms with Gasteiger partial charge in [0.15, 0.2) is 0 Å². The number of aromatic carboxylic acids is 1. The van der Waals surface area contributed by atoms with Gasteiger partial charge < -0.3 is 14.9 Å². The van der Waals surface area contributed by atoms with Crippen LogP contribution in [0.3, 0.4) is 0 Å². The second-order valence-electron chi connectivity index (χ2n) is 2.39. The Hall–Kier alpha value is -1.71. The number of hydrogen-bond donors (Lipinski definition) is 2. The first-order valence-corrected chi connectivity index (χ1v) is 3.85. The third-order valence-corrected chi connectivity index (χ3v) is 1.52. The molecule has 0 saturated heterocycles. The summed E-state index contributed by atoms with van der Waals surface area (Å²) in [7, 11) is 0. The van der Waals surface area contributed by atoms with Crippen LogP contribution >= 0.6 is 0 Å². The zero-order valence-corrected chi connectivity index (χ0v) is 7.15. The molecule has 13 heavy (non-hydrogen) atoms. The molecule has 0 saturated carbocycles. The minimum Gasteiger partial charge on any atom is -0.507 e. The van der Waals surface area contributed by atoms with Gasteiger partial charge in [-0.05, 0) is 19.1 Å². The number of hydrogen-bond acceptors (Lipinski definition) is 3. The van der Waals surface area contributed by atoms with E-state index in [1.165, 1.54) is 18.2 Å². The van der Waals surface area contributed by atoms with Crippen LogP contribution in [-0.2, 0) is 0 Å². The SMILES string of the molecule is CCOc1cccc(O)c1C(=O)O. The van der Waals surface area contributed by atoms with E-state index in [4.69, 9.17) is 9.84 Å². The fraction of sp³-hybridized carbons (Fsp3) is 0.222. The van der Waals surface area contributed by atoms with E-state index in [-0.39, 0.29) is 17.1 Å². The van der Waals surface area contributed by atoms with Crippen LogP contribution in [0.5, 0.6) is 11.5 Å². The van der Waals surface area contributed by atoms with Gasteiger partial charge in [0.05, 0.1) is 6.61 Å². The third-order valence-electron chi connectivity index (χ3n) is 1.52. The van der Waals surface area contributed by atoms with Gasteiger partial charge in [0.2, 0.25) is 0 Å². The number of aromatic hydroxyl groups is 1. The van der Waals surface area contributed by atoms with Gasteiger partial charge in [-0.15, -0.1) is 0 Å². The Balaban J connectivity index is 3.17. The van der Waals surface area contributed by atoms with E-state index in [1.807, 2.05) is 0 Å². The highest BCUT2D eigenvalue weighted by Crippen LogP contribution is 2.27. The van der Waals surface area contributed by atoms with Crippen LogP contribution < -0.4 is 4.74 Å². The van der Waals surface area contributed by atoms with Crippen LogP contribution in [0, 0.1) is 0 Å². The number of phenols is 1. The molecule has 0 aliphatic heterocycles. The van der Waals surface area contributed by atoms with Crippen molar-refractivity contribution in [1.82, 2.24) is 0 Å². The highest BCUT2D eigenvalue weighted by Gasteiger charge is 2.15. The van der Waals surface area contributed by atoms with Crippen molar-refractivity contribution < 1.29 is 19.7 Å². The molecule has 0 heterocycles. The standard InChI is InChI=1S/C9H10O4/c1-2-13-7-5-3-4-6(10)8(7)9(11)12/h3-5,10H,2H2,1H3,(H,11,12). The van der Waals surface area contributed by atoms with Gasteiger partial charge >= 0.3 is 5.97 Å². The summed E-state index contributed by atoms with van der Waals surface area (Å²) >= 11 is 0. The number of ether oxygens (including phenoxy) is 1. The molecule has 0 aromatic heterocycles. The molecule has 4 heteroatoms. The monoisotopic (exact) mass is 182 g/mol. The molecule has 0 fully saturated rings. The Kier molecular flexibility index (Phi) is 2.74. The van der Waals surface area contributed by atoms with Crippen molar-refractivity contribution in [2.24, 2.45) is 0 Å². The largest absolute Gasteiger partial charge is 0.507 e. The first kappa shape index (κ1) is 9.38. The summed E-state index contributed by atoms with van der Waals surface area (Å²) in [5.41, 5.74) is -0.190. The minimum absolute atomic E-state index is 0.190. The number of benzene rings is 1. The molecule has 0 bridgehead atoms. The molecule has 70 valence electrons. The fourth-order valence-electron chi connectivity index (χ4n) is 1.01. The fourth-order valence-corrected chi connectivity index (χ4v) is 1.01. The Morgan fingerprint density at radius 3 is 2.77 bits per heavy atom. The first-order chi connectivity index (χ1) is 6.16. The quantitative estimate of drug-likeness (QED) is 0.743. The third kappa shape index (κ3) is 1.90. The lowest BCUT2D eigenvalue weighted by Crippen LogP contribution is -2.02. The van der Waals surface area contributed by atoms with Gasteiger partial charge in [-0.3, -0.25) is 0 Å². The van der Waals surface area contributed by atoms with E-state index in [2.05, 4.69) is 0 Å². The minimum atomic E-state index is -1.19. The molecular weight excluding hydrogens is 172 g/mol. The van der Waals surface area contributed by atoms with Crippen LogP contribution in [0.4, 0.5) is 0 Å². The van der Waals surface area contributed by atoms with E-state index in [9.17, 15) is 9.90 Å². The van der Waals surface area contributed by atoms with Gasteiger partial charge in [-0.2, -0.15) is 0 Å². The molecule has 0 radical (unpaired) electrons. The Bertz CT molecular complexity index is 319. The van der Waals surface area contributed by atoms with Crippen molar-refractivity contribution in [2.45, 2.75) is 6.92 Å². The molecule has 0 atom stereocenters. The van der Waals surface area contributed by atoms with Crippen LogP contribution in [0.2, 0.25) is 0 Å². The summed E-state index contributed by atoms with van der Waals surface area (Å²) in [6.07, 6.45) is 0. The first-order valence-electron chi connectivity index (χ1n) is 3.85. The highest BCUT2D eigenvalue weighted by molar-refractivity contribution is 5.93. The van der Waals surface area contributed by atoms with Crippen LogP contribution in [-0.4, -0.2) is 22.8 Å². The molecule has 4 nitrogen and oxygen atoms in total. The highest BCUT2D eigenvalue weighted by atomic mass is 16.5. The maximum atomic E-state index is 10.7. The molecule has 0 spiro atoms. The zero-order chi connectivity index (χ0) is 9.84. The van der Waals surface area contributed by atoms with Crippen molar-refractivity contribution in [3.8, 4) is 11.5 Å². The summed E-state index contributed by atoms with van der Waals surface area (Å²) in [5, 5.41) is 18.0. The number of carbonyl (C=O) groups is 1. The van der Waals surface area contributed by atoms with Crippen LogP contribution in [0.25, 0.3) is 0 Å². The Labute approximate surface area is 75.4 Å². The van der Waals surface area contributed by atoms with E-state index in [1.54, 1.807) is 6.92 Å². The second kappa shape index (κ2) is 3.80. The average Bonchev–Trinajstić information content (AvgIpc) is 2.04. The lowest BCUT2D eigenvalue weighted by Gasteiger charge is -2.07. The average molecular weight is 182 g/mol. The predicted octanol–water partition coefficient (Wildman–Crippen LogP) is 1.49. The molecule has 0 aliphatic carbocycles. The summed E-state index contributed by atoms with van der Waals surface area (Å²) in [6, 6.07) is 4.35. The number of rotatable bonds is 3. The van der Waals surface area contributed by atoms with Crippen molar-refractivity contribution in [3.05, 3.63) is 23.8 Å². The lowest BCUT2D eigenvalue weighted by atomic mass is 10.2. The van der Waals surface area contributed by atoms with Gasteiger partial charge in [0, 0.05) is 0 Å². The number of carboxylic acid groups (broad SMARTS) is 1. The summed E-state index contributed by atoms with van der Waals surface area (Å²) in [4.78, 5) is 10.7. The Morgan fingerprint density at radius 1 is 1.54 bits per heavy atom. The normalized spacial score (nSPS) is 9.62. The summed E-state index contributed by atoms with van der Waals surface area (Å²) in [5.74, 6) is -1.28. The van der Waals surface area contributed by atoms with Crippen molar-refractivity contribution in [1.29, 1.82) is 0 Å². The Morgan fingerprint density at radius 2 is 2.23 bits per heavy atom. The molecule has 0 amide bonds. The van der Waals surface area contributed by atoms with Crippen LogP contribution in [0.1, 0.15) is 17.3 Å². The second-order valence-corrected chi connectivity index (χ2v) is 2.39. The molecule has 1 aromatic rings. The summed E-state index contributed by atoms with van der Waals surface area (Å²) < 4.78 is 5.04. The molecule has 1 rings (SSSR count). The van der Waals surface area contributed by atoms with Crippen molar-refractivity contribution in [2.75, 3.05) is 6.61 Å². The summed E-state index contributed by atoms with van der Waals surface area (Å²) in [6.45, 7) is 2.11. The van der Waals surface area contributed by atoms with Gasteiger partial charge in [-0.1, -0.05) is 6.07 Å². The zero-order valence-electron chi connectivity index (χ0n) is 7.15. The van der Waals surface area contributed by atoms with E-state index in [0.717, 1.165) is 0 Å². The topological polar surface area (TPSA) is 66.8 Å². The smallest absolute Gasteiger partial charge is 0.343 e. The predicted molar refractivity (Wildman–Crippen MR) is 46.2 cm³/mol. The van der Waals surface area contributed by atoms with Crippen molar-refractivity contribution in [3.63, 3.8) is 0 Å². The van der Waals surface area contributed by atoms with E-state index >= 15 is 0 Å². The maximum absolute atomic E-state index is 10.7. The molecular formula is C9H10O4. The van der Waals surface area contributed by atoms with Gasteiger partial charge in [-0.25, -0.2) is 4.79 Å².